The van der Waals surface area contributed by atoms with Crippen LogP contribution in [0.2, 0.25) is 0 Å². The van der Waals surface area contributed by atoms with Crippen molar-refractivity contribution in [2.45, 2.75) is 19.8 Å². The van der Waals surface area contributed by atoms with Crippen LogP contribution in [0.4, 0.5) is 0 Å². The van der Waals surface area contributed by atoms with Crippen molar-refractivity contribution in [2.75, 3.05) is 33.4 Å². The Bertz CT molecular complexity index is 302. The number of aryl methyl sites for hydroxylation is 1. The van der Waals surface area contributed by atoms with E-state index in [-0.39, 0.29) is 0 Å². The van der Waals surface area contributed by atoms with E-state index in [0.29, 0.717) is 0 Å². The number of hydrogen-bond donors (Lipinski definition) is 1. The van der Waals surface area contributed by atoms with E-state index >= 15 is 0 Å². The highest BCUT2D eigenvalue weighted by molar-refractivity contribution is 5.27. The van der Waals surface area contributed by atoms with Crippen LogP contribution >= 0.6 is 0 Å². The summed E-state index contributed by atoms with van der Waals surface area (Å²) in [5.74, 6) is 0.959. The van der Waals surface area contributed by atoms with Crippen molar-refractivity contribution >= 4 is 0 Å². The molecule has 1 rings (SSSR count). The number of likely N-dealkylation sites (N-methyl/N-ethyl adjacent to an activating group) is 1. The predicted molar refractivity (Wildman–Crippen MR) is 70.7 cm³/mol. The molecule has 17 heavy (non-hydrogen) atoms. The van der Waals surface area contributed by atoms with Crippen molar-refractivity contribution in [3.8, 4) is 5.75 Å². The zero-order valence-corrected chi connectivity index (χ0v) is 10.9. The lowest BCUT2D eigenvalue weighted by Gasteiger charge is -2.07. The second kappa shape index (κ2) is 9.02. The number of benzene rings is 1. The lowest BCUT2D eigenvalue weighted by atomic mass is 10.2. The molecule has 1 aromatic rings. The van der Waals surface area contributed by atoms with E-state index in [4.69, 9.17) is 9.47 Å². The average molecular weight is 237 g/mol. The smallest absolute Gasteiger partial charge is 0.119 e. The van der Waals surface area contributed by atoms with Crippen molar-refractivity contribution in [1.29, 1.82) is 0 Å². The van der Waals surface area contributed by atoms with Crippen LogP contribution in [0.25, 0.3) is 0 Å². The molecular formula is C14H23NO2. The van der Waals surface area contributed by atoms with Gasteiger partial charge in [-0.15, -0.1) is 0 Å². The maximum Gasteiger partial charge on any atom is 0.119 e. The van der Waals surface area contributed by atoms with Gasteiger partial charge in [0.25, 0.3) is 0 Å². The first-order valence-corrected chi connectivity index (χ1v) is 6.25. The second-order valence-electron chi connectivity index (χ2n) is 4.09. The van der Waals surface area contributed by atoms with Crippen LogP contribution in [0.5, 0.6) is 5.75 Å². The normalized spacial score (nSPS) is 10.5. The topological polar surface area (TPSA) is 30.5 Å². The van der Waals surface area contributed by atoms with Crippen molar-refractivity contribution in [3.05, 3.63) is 29.8 Å². The Kier molecular flexibility index (Phi) is 7.43. The molecule has 0 radical (unpaired) electrons. The minimum Gasteiger partial charge on any atom is -0.494 e. The van der Waals surface area contributed by atoms with E-state index in [1.165, 1.54) is 5.56 Å². The molecule has 96 valence electrons. The Labute approximate surface area is 104 Å². The molecule has 3 nitrogen and oxygen atoms in total. The van der Waals surface area contributed by atoms with E-state index in [1.54, 1.807) is 0 Å². The Morgan fingerprint density at radius 3 is 2.71 bits per heavy atom. The van der Waals surface area contributed by atoms with Gasteiger partial charge in [-0.1, -0.05) is 12.1 Å². The third kappa shape index (κ3) is 6.97. The van der Waals surface area contributed by atoms with Crippen LogP contribution < -0.4 is 10.1 Å². The number of hydrogen-bond acceptors (Lipinski definition) is 3. The summed E-state index contributed by atoms with van der Waals surface area (Å²) in [5.41, 5.74) is 1.23. The van der Waals surface area contributed by atoms with Crippen molar-refractivity contribution in [3.63, 3.8) is 0 Å². The Hall–Kier alpha value is -1.06. The fourth-order valence-corrected chi connectivity index (χ4v) is 1.48. The molecule has 0 fully saturated rings. The fraction of sp³-hybridized carbons (Fsp3) is 0.571. The molecule has 0 saturated heterocycles. The summed E-state index contributed by atoms with van der Waals surface area (Å²) in [6.07, 6.45) is 2.09. The summed E-state index contributed by atoms with van der Waals surface area (Å²) in [5, 5.41) is 3.05. The van der Waals surface area contributed by atoms with Gasteiger partial charge in [0.15, 0.2) is 0 Å². The Balaban J connectivity index is 1.97. The molecule has 0 aliphatic heterocycles. The largest absolute Gasteiger partial charge is 0.494 e. The summed E-state index contributed by atoms with van der Waals surface area (Å²) in [6.45, 7) is 5.36. The molecule has 0 atom stereocenters. The van der Waals surface area contributed by atoms with E-state index in [0.717, 1.165) is 45.0 Å². The summed E-state index contributed by atoms with van der Waals surface area (Å²) in [6, 6.07) is 8.15. The third-order valence-corrected chi connectivity index (χ3v) is 2.44. The lowest BCUT2D eigenvalue weighted by Crippen LogP contribution is -2.14. The number of unbranched alkanes of at least 4 members (excludes halogenated alkanes) is 1. The zero-order valence-electron chi connectivity index (χ0n) is 10.9. The zero-order chi connectivity index (χ0) is 12.3. The van der Waals surface area contributed by atoms with Crippen LogP contribution in [-0.4, -0.2) is 33.4 Å². The summed E-state index contributed by atoms with van der Waals surface area (Å²) in [7, 11) is 1.93. The minimum atomic E-state index is 0.763. The van der Waals surface area contributed by atoms with Crippen molar-refractivity contribution in [1.82, 2.24) is 5.32 Å². The highest BCUT2D eigenvalue weighted by Gasteiger charge is 1.94. The van der Waals surface area contributed by atoms with Gasteiger partial charge >= 0.3 is 0 Å². The van der Waals surface area contributed by atoms with Gasteiger partial charge in [0, 0.05) is 13.2 Å². The van der Waals surface area contributed by atoms with Crippen molar-refractivity contribution in [2.24, 2.45) is 0 Å². The maximum atomic E-state index is 5.65. The van der Waals surface area contributed by atoms with Crippen LogP contribution in [0, 0.1) is 6.92 Å². The number of rotatable bonds is 9. The highest BCUT2D eigenvalue weighted by Crippen LogP contribution is 2.12. The summed E-state index contributed by atoms with van der Waals surface area (Å²) in [4.78, 5) is 0. The second-order valence-corrected chi connectivity index (χ2v) is 4.09. The van der Waals surface area contributed by atoms with Gasteiger partial charge in [-0.05, 0) is 44.5 Å². The van der Waals surface area contributed by atoms with Crippen LogP contribution in [0.3, 0.4) is 0 Å². The molecule has 0 aromatic heterocycles. The van der Waals surface area contributed by atoms with Crippen molar-refractivity contribution < 1.29 is 9.47 Å². The molecule has 0 bridgehead atoms. The minimum absolute atomic E-state index is 0.763. The highest BCUT2D eigenvalue weighted by atomic mass is 16.5. The quantitative estimate of drug-likeness (QED) is 0.669. The average Bonchev–Trinajstić information content (AvgIpc) is 2.33. The molecule has 3 heteroatoms. The first-order chi connectivity index (χ1) is 8.33. The molecule has 0 amide bonds. The van der Waals surface area contributed by atoms with Gasteiger partial charge in [-0.3, -0.25) is 0 Å². The SMILES string of the molecule is CNCCOCCCCOc1cccc(C)c1. The monoisotopic (exact) mass is 237 g/mol. The molecule has 0 heterocycles. The molecule has 0 aliphatic carbocycles. The maximum absolute atomic E-state index is 5.65. The lowest BCUT2D eigenvalue weighted by molar-refractivity contribution is 0.129. The standard InChI is InChI=1S/C14H23NO2/c1-13-6-5-7-14(12-13)17-10-4-3-9-16-11-8-15-2/h5-7,12,15H,3-4,8-11H2,1-2H3. The molecule has 1 aromatic carbocycles. The van der Waals surface area contributed by atoms with Gasteiger partial charge in [-0.25, -0.2) is 0 Å². The van der Waals surface area contributed by atoms with Crippen LogP contribution in [0.1, 0.15) is 18.4 Å². The summed E-state index contributed by atoms with van der Waals surface area (Å²) >= 11 is 0. The fourth-order valence-electron chi connectivity index (χ4n) is 1.48. The third-order valence-electron chi connectivity index (χ3n) is 2.44. The Morgan fingerprint density at radius 2 is 1.94 bits per heavy atom. The van der Waals surface area contributed by atoms with Gasteiger partial charge in [0.1, 0.15) is 5.75 Å². The number of nitrogens with one attached hydrogen (secondary N) is 1. The molecule has 0 unspecified atom stereocenters. The van der Waals surface area contributed by atoms with E-state index in [1.807, 2.05) is 19.2 Å². The van der Waals surface area contributed by atoms with Gasteiger partial charge in [0.2, 0.25) is 0 Å². The van der Waals surface area contributed by atoms with Gasteiger partial charge in [-0.2, -0.15) is 0 Å². The Morgan fingerprint density at radius 1 is 1.12 bits per heavy atom. The predicted octanol–water partition coefficient (Wildman–Crippen LogP) is 2.39. The summed E-state index contributed by atoms with van der Waals surface area (Å²) < 4.78 is 11.1. The van der Waals surface area contributed by atoms with Crippen LogP contribution in [0.15, 0.2) is 24.3 Å². The molecule has 1 N–H and O–H groups in total. The van der Waals surface area contributed by atoms with Gasteiger partial charge in [0.05, 0.1) is 13.2 Å². The number of ether oxygens (including phenoxy) is 2. The molecule has 0 saturated carbocycles. The molecule has 0 aliphatic rings. The molecule has 0 spiro atoms. The first kappa shape index (κ1) is 14.0. The van der Waals surface area contributed by atoms with Crippen LogP contribution in [-0.2, 0) is 4.74 Å². The van der Waals surface area contributed by atoms with E-state index in [2.05, 4.69) is 24.4 Å². The van der Waals surface area contributed by atoms with E-state index in [9.17, 15) is 0 Å². The molecular weight excluding hydrogens is 214 g/mol. The van der Waals surface area contributed by atoms with Gasteiger partial charge < -0.3 is 14.8 Å². The first-order valence-electron chi connectivity index (χ1n) is 6.25. The van der Waals surface area contributed by atoms with E-state index < -0.39 is 0 Å².